The number of fused-ring (bicyclic) bond motifs is 7. The predicted octanol–water partition coefficient (Wildman–Crippen LogP) is 15.6. The molecule has 1 heteroatoms. The van der Waals surface area contributed by atoms with Gasteiger partial charge < -0.3 is 0 Å². The summed E-state index contributed by atoms with van der Waals surface area (Å²) < 4.78 is 2.66. The van der Waals surface area contributed by atoms with Gasteiger partial charge >= 0.3 is 0 Å². The van der Waals surface area contributed by atoms with Crippen LogP contribution in [0.4, 0.5) is 0 Å². The molecule has 0 N–H and O–H groups in total. The van der Waals surface area contributed by atoms with Crippen LogP contribution >= 0.6 is 11.3 Å². The van der Waals surface area contributed by atoms with E-state index in [1.165, 1.54) is 113 Å². The lowest BCUT2D eigenvalue weighted by molar-refractivity contribution is 1.46. The normalized spacial score (nSPS) is 11.8. The van der Waals surface area contributed by atoms with Crippen molar-refractivity contribution in [3.05, 3.63) is 194 Å². The molecule has 0 fully saturated rings. The van der Waals surface area contributed by atoms with E-state index >= 15 is 0 Å². The fraction of sp³-hybridized carbons (Fsp3) is 0.0189. The largest absolute Gasteiger partial charge is 0.135 e. The Balaban J connectivity index is 1.15. The van der Waals surface area contributed by atoms with E-state index in [1.54, 1.807) is 0 Å². The Morgan fingerprint density at radius 1 is 0.296 bits per heavy atom. The van der Waals surface area contributed by atoms with E-state index in [9.17, 15) is 0 Å². The fourth-order valence-corrected chi connectivity index (χ4v) is 10.0. The third kappa shape index (κ3) is 4.76. The van der Waals surface area contributed by atoms with E-state index in [1.807, 2.05) is 11.3 Å². The fourth-order valence-electron chi connectivity index (χ4n) is 8.93. The van der Waals surface area contributed by atoms with Crippen LogP contribution in [-0.4, -0.2) is 0 Å². The van der Waals surface area contributed by atoms with E-state index in [0.29, 0.717) is 0 Å². The second-order valence-corrected chi connectivity index (χ2v) is 15.5. The average molecular weight is 703 g/mol. The molecule has 0 atom stereocenters. The molecule has 10 aromatic carbocycles. The van der Waals surface area contributed by atoms with Gasteiger partial charge in [-0.25, -0.2) is 0 Å². The summed E-state index contributed by atoms with van der Waals surface area (Å²) in [6.07, 6.45) is 0. The summed E-state index contributed by atoms with van der Waals surface area (Å²) in [7, 11) is 0. The van der Waals surface area contributed by atoms with Crippen molar-refractivity contribution in [2.24, 2.45) is 0 Å². The summed E-state index contributed by atoms with van der Waals surface area (Å²) in [5, 5.41) is 12.8. The monoisotopic (exact) mass is 702 g/mol. The third-order valence-electron chi connectivity index (χ3n) is 11.4. The molecule has 0 amide bonds. The zero-order chi connectivity index (χ0) is 35.8. The van der Waals surface area contributed by atoms with E-state index in [0.717, 1.165) is 0 Å². The van der Waals surface area contributed by atoms with Crippen LogP contribution in [0.2, 0.25) is 0 Å². The molecule has 0 saturated heterocycles. The minimum absolute atomic E-state index is 1.25. The van der Waals surface area contributed by atoms with Gasteiger partial charge in [-0.15, -0.1) is 11.3 Å². The molecule has 0 aliphatic carbocycles. The second kappa shape index (κ2) is 12.3. The number of benzene rings is 10. The number of aryl methyl sites for hydroxylation is 1. The van der Waals surface area contributed by atoms with Gasteiger partial charge in [-0.05, 0) is 124 Å². The van der Waals surface area contributed by atoms with Crippen molar-refractivity contribution in [1.29, 1.82) is 0 Å². The van der Waals surface area contributed by atoms with Gasteiger partial charge in [0.25, 0.3) is 0 Å². The Hall–Kier alpha value is -6.54. The zero-order valence-electron chi connectivity index (χ0n) is 29.8. The smallest absolute Gasteiger partial charge is 0.0361 e. The maximum Gasteiger partial charge on any atom is 0.0361 e. The van der Waals surface area contributed by atoms with Gasteiger partial charge in [0.2, 0.25) is 0 Å². The lowest BCUT2D eigenvalue weighted by Gasteiger charge is -2.21. The van der Waals surface area contributed by atoms with Crippen LogP contribution in [0.25, 0.3) is 108 Å². The quantitative estimate of drug-likeness (QED) is 0.160. The molecule has 0 aliphatic rings. The van der Waals surface area contributed by atoms with Gasteiger partial charge in [0.1, 0.15) is 0 Å². The molecule has 252 valence electrons. The van der Waals surface area contributed by atoms with Gasteiger partial charge in [0, 0.05) is 20.2 Å². The molecular weight excluding hydrogens is 669 g/mol. The summed E-state index contributed by atoms with van der Waals surface area (Å²) in [5.41, 5.74) is 11.4. The number of hydrogen-bond acceptors (Lipinski definition) is 1. The summed E-state index contributed by atoms with van der Waals surface area (Å²) in [5.74, 6) is 0. The molecule has 0 spiro atoms. The maximum atomic E-state index is 2.41. The van der Waals surface area contributed by atoms with Gasteiger partial charge in [-0.2, -0.15) is 0 Å². The van der Waals surface area contributed by atoms with Gasteiger partial charge in [-0.3, -0.25) is 0 Å². The van der Waals surface area contributed by atoms with E-state index in [4.69, 9.17) is 0 Å². The minimum Gasteiger partial charge on any atom is -0.135 e. The van der Waals surface area contributed by atoms with Crippen LogP contribution in [-0.2, 0) is 0 Å². The molecule has 0 unspecified atom stereocenters. The Morgan fingerprint density at radius 2 is 0.778 bits per heavy atom. The number of rotatable bonds is 4. The van der Waals surface area contributed by atoms with Crippen LogP contribution in [0.3, 0.4) is 0 Å². The summed E-state index contributed by atoms with van der Waals surface area (Å²) >= 11 is 1.89. The average Bonchev–Trinajstić information content (AvgIpc) is 3.58. The highest BCUT2D eigenvalue weighted by Crippen LogP contribution is 2.48. The lowest BCUT2D eigenvalue weighted by Crippen LogP contribution is -1.94. The second-order valence-electron chi connectivity index (χ2n) is 14.4. The summed E-state index contributed by atoms with van der Waals surface area (Å²) in [4.78, 5) is 0. The number of hydrogen-bond donors (Lipinski definition) is 0. The first kappa shape index (κ1) is 31.0. The highest BCUT2D eigenvalue weighted by atomic mass is 32.1. The lowest BCUT2D eigenvalue weighted by atomic mass is 9.82. The summed E-state index contributed by atoms with van der Waals surface area (Å²) in [6, 6.07) is 69.8. The first-order chi connectivity index (χ1) is 26.7. The van der Waals surface area contributed by atoms with Crippen LogP contribution < -0.4 is 0 Å². The van der Waals surface area contributed by atoms with Crippen LogP contribution in [0.15, 0.2) is 188 Å². The Bertz CT molecular complexity index is 3230. The van der Waals surface area contributed by atoms with Crippen molar-refractivity contribution in [3.8, 4) is 44.5 Å². The molecule has 0 radical (unpaired) electrons. The summed E-state index contributed by atoms with van der Waals surface area (Å²) in [6.45, 7) is 2.21. The molecule has 0 aliphatic heterocycles. The maximum absolute atomic E-state index is 2.41. The third-order valence-corrected chi connectivity index (χ3v) is 12.5. The van der Waals surface area contributed by atoms with Crippen LogP contribution in [0.5, 0.6) is 0 Å². The van der Waals surface area contributed by atoms with Gasteiger partial charge in [0.15, 0.2) is 0 Å². The first-order valence-corrected chi connectivity index (χ1v) is 19.5. The molecule has 11 rings (SSSR count). The molecule has 0 saturated carbocycles. The van der Waals surface area contributed by atoms with E-state index < -0.39 is 0 Å². The highest BCUT2D eigenvalue weighted by Gasteiger charge is 2.21. The van der Waals surface area contributed by atoms with Crippen molar-refractivity contribution >= 4 is 74.6 Å². The van der Waals surface area contributed by atoms with Crippen molar-refractivity contribution < 1.29 is 0 Å². The minimum atomic E-state index is 1.25. The highest BCUT2D eigenvalue weighted by molar-refractivity contribution is 7.25. The van der Waals surface area contributed by atoms with Gasteiger partial charge in [-0.1, -0.05) is 164 Å². The standard InChI is InChI=1S/C53H34S/c1-33-14-2-5-17-37(33)39-18-6-7-19-42(39)52-44-20-8-10-22-46(44)53(47-23-11-9-21-45(47)52)43-27-13-25-40-38(24-12-26-41(40)43)36-28-29-50-48(31-36)49-30-34-15-3-4-16-35(34)32-51(49)54-50/h2-32H,1H3. The first-order valence-electron chi connectivity index (χ1n) is 18.7. The SMILES string of the molecule is Cc1ccccc1-c1ccccc1-c1c2ccccc2c(-c2cccc3c(-c4ccc5sc6cc7ccccc7cc6c5c4)cccc23)c2ccccc12. The molecule has 11 aromatic rings. The molecular formula is C53H34S. The van der Waals surface area contributed by atoms with Crippen LogP contribution in [0.1, 0.15) is 5.56 Å². The van der Waals surface area contributed by atoms with Crippen LogP contribution in [0, 0.1) is 6.92 Å². The molecule has 54 heavy (non-hydrogen) atoms. The zero-order valence-corrected chi connectivity index (χ0v) is 30.6. The van der Waals surface area contributed by atoms with Crippen molar-refractivity contribution in [2.45, 2.75) is 6.92 Å². The van der Waals surface area contributed by atoms with Crippen molar-refractivity contribution in [2.75, 3.05) is 0 Å². The number of thiophene rings is 1. The molecule has 0 nitrogen and oxygen atoms in total. The van der Waals surface area contributed by atoms with E-state index in [2.05, 4.69) is 195 Å². The molecule has 1 aromatic heterocycles. The molecule has 1 heterocycles. The Labute approximate surface area is 318 Å². The predicted molar refractivity (Wildman–Crippen MR) is 236 cm³/mol. The molecule has 0 bridgehead atoms. The van der Waals surface area contributed by atoms with Crippen molar-refractivity contribution in [3.63, 3.8) is 0 Å². The van der Waals surface area contributed by atoms with Gasteiger partial charge in [0.05, 0.1) is 0 Å². The Kier molecular flexibility index (Phi) is 7.05. The Morgan fingerprint density at radius 3 is 1.46 bits per heavy atom. The van der Waals surface area contributed by atoms with Crippen molar-refractivity contribution in [1.82, 2.24) is 0 Å². The van der Waals surface area contributed by atoms with E-state index in [-0.39, 0.29) is 0 Å². The topological polar surface area (TPSA) is 0 Å².